The van der Waals surface area contributed by atoms with Crippen LogP contribution in [0, 0.1) is 5.92 Å². The van der Waals surface area contributed by atoms with E-state index in [4.69, 9.17) is 23.2 Å². The van der Waals surface area contributed by atoms with Crippen molar-refractivity contribution in [2.24, 2.45) is 5.92 Å². The summed E-state index contributed by atoms with van der Waals surface area (Å²) in [6.45, 7) is 0.847. The summed E-state index contributed by atoms with van der Waals surface area (Å²) in [6.07, 6.45) is -7.57. The summed E-state index contributed by atoms with van der Waals surface area (Å²) in [7, 11) is 0. The van der Waals surface area contributed by atoms with E-state index in [1.54, 1.807) is 24.3 Å². The van der Waals surface area contributed by atoms with Crippen LogP contribution in [-0.4, -0.2) is 24.0 Å². The summed E-state index contributed by atoms with van der Waals surface area (Å²) in [5, 5.41) is 10.7. The fraction of sp³-hybridized carbons (Fsp3) is 0.364. The molecule has 0 saturated heterocycles. The maximum atomic E-state index is 13.4. The third-order valence-electron chi connectivity index (χ3n) is 6.09. The highest BCUT2D eigenvalue weighted by molar-refractivity contribution is 6.35. The third kappa shape index (κ3) is 3.76. The molecule has 2 nitrogen and oxygen atoms in total. The molecule has 1 heterocycles. The van der Waals surface area contributed by atoms with Crippen molar-refractivity contribution in [3.05, 3.63) is 75.3 Å². The SMILES string of the molecule is OC(c1ccc2c(c1)C1C=CCC1CN2Cc1ccc(Cl)cc1Cl)(C(F)(F)F)C(F)(F)F. The highest BCUT2D eigenvalue weighted by Crippen LogP contribution is 2.52. The lowest BCUT2D eigenvalue weighted by molar-refractivity contribution is -0.376. The fourth-order valence-electron chi connectivity index (χ4n) is 4.46. The minimum atomic E-state index is -5.93. The van der Waals surface area contributed by atoms with Crippen LogP contribution in [0.25, 0.3) is 0 Å². The van der Waals surface area contributed by atoms with E-state index in [-0.39, 0.29) is 11.8 Å². The van der Waals surface area contributed by atoms with Gasteiger partial charge in [0, 0.05) is 40.3 Å². The van der Waals surface area contributed by atoms with E-state index in [1.165, 1.54) is 6.07 Å². The van der Waals surface area contributed by atoms with Gasteiger partial charge in [0.05, 0.1) is 0 Å². The predicted molar refractivity (Wildman–Crippen MR) is 110 cm³/mol. The Kier molecular flexibility index (Phi) is 5.71. The number of benzene rings is 2. The lowest BCUT2D eigenvalue weighted by Crippen LogP contribution is -2.54. The Morgan fingerprint density at radius 2 is 1.66 bits per heavy atom. The van der Waals surface area contributed by atoms with Gasteiger partial charge in [0.15, 0.2) is 0 Å². The number of hydrogen-bond acceptors (Lipinski definition) is 2. The number of hydrogen-bond donors (Lipinski definition) is 1. The summed E-state index contributed by atoms with van der Waals surface area (Å²) < 4.78 is 80.4. The second kappa shape index (κ2) is 7.85. The molecular formula is C22H17Cl2F6NO. The molecule has 172 valence electrons. The van der Waals surface area contributed by atoms with Gasteiger partial charge in [0.25, 0.3) is 5.60 Å². The smallest absolute Gasteiger partial charge is 0.369 e. The molecule has 1 N–H and O–H groups in total. The van der Waals surface area contributed by atoms with Crippen LogP contribution in [-0.2, 0) is 12.1 Å². The molecular weight excluding hydrogens is 479 g/mol. The van der Waals surface area contributed by atoms with Crippen LogP contribution in [0.5, 0.6) is 0 Å². The molecule has 0 spiro atoms. The van der Waals surface area contributed by atoms with E-state index in [2.05, 4.69) is 0 Å². The van der Waals surface area contributed by atoms with Crippen LogP contribution < -0.4 is 4.90 Å². The zero-order valence-electron chi connectivity index (χ0n) is 16.3. The molecule has 0 radical (unpaired) electrons. The first-order chi connectivity index (χ1) is 14.8. The highest BCUT2D eigenvalue weighted by Gasteiger charge is 2.71. The number of aliphatic hydroxyl groups is 1. The topological polar surface area (TPSA) is 23.5 Å². The highest BCUT2D eigenvalue weighted by atomic mass is 35.5. The standard InChI is InChI=1S/C22H17Cl2F6NO/c23-15-6-4-13(18(24)9-15)11-31-10-12-2-1-3-16(12)17-8-14(5-7-19(17)31)20(32,21(25,26)27)22(28,29)30/h1,3-9,12,16,32H,2,10-11H2. The zero-order valence-corrected chi connectivity index (χ0v) is 17.8. The molecule has 10 heteroatoms. The minimum absolute atomic E-state index is 0.0197. The van der Waals surface area contributed by atoms with Gasteiger partial charge < -0.3 is 10.0 Å². The first-order valence-electron chi connectivity index (χ1n) is 9.68. The third-order valence-corrected chi connectivity index (χ3v) is 6.67. The van der Waals surface area contributed by atoms with Gasteiger partial charge in [0.2, 0.25) is 0 Å². The Hall–Kier alpha value is -1.90. The Morgan fingerprint density at radius 1 is 0.969 bits per heavy atom. The van der Waals surface area contributed by atoms with E-state index < -0.39 is 23.5 Å². The van der Waals surface area contributed by atoms with E-state index >= 15 is 0 Å². The first-order valence-corrected chi connectivity index (χ1v) is 10.4. The van der Waals surface area contributed by atoms with Crippen molar-refractivity contribution in [2.75, 3.05) is 11.4 Å². The molecule has 2 aromatic rings. The largest absolute Gasteiger partial charge is 0.430 e. The number of halogens is 8. The van der Waals surface area contributed by atoms with Gasteiger partial charge in [-0.05, 0) is 47.7 Å². The van der Waals surface area contributed by atoms with E-state index in [9.17, 15) is 31.4 Å². The lowest BCUT2D eigenvalue weighted by atomic mass is 9.80. The maximum absolute atomic E-state index is 13.4. The molecule has 0 saturated carbocycles. The van der Waals surface area contributed by atoms with Gasteiger partial charge in [0.1, 0.15) is 0 Å². The van der Waals surface area contributed by atoms with Crippen molar-refractivity contribution in [1.29, 1.82) is 0 Å². The number of anilines is 1. The Morgan fingerprint density at radius 3 is 2.28 bits per heavy atom. The van der Waals surface area contributed by atoms with E-state index in [1.807, 2.05) is 11.0 Å². The van der Waals surface area contributed by atoms with Crippen LogP contribution in [0.15, 0.2) is 48.6 Å². The monoisotopic (exact) mass is 495 g/mol. The molecule has 1 aliphatic heterocycles. The van der Waals surface area contributed by atoms with Crippen molar-refractivity contribution < 1.29 is 31.4 Å². The second-order valence-electron chi connectivity index (χ2n) is 8.05. The normalized spacial score (nSPS) is 21.0. The summed E-state index contributed by atoms with van der Waals surface area (Å²) in [5.41, 5.74) is -4.68. The average molecular weight is 496 g/mol. The molecule has 1 aliphatic carbocycles. The van der Waals surface area contributed by atoms with Crippen LogP contribution in [0.2, 0.25) is 10.0 Å². The molecule has 2 atom stereocenters. The zero-order chi connectivity index (χ0) is 23.5. The van der Waals surface area contributed by atoms with Crippen molar-refractivity contribution in [3.8, 4) is 0 Å². The van der Waals surface area contributed by atoms with Crippen molar-refractivity contribution >= 4 is 28.9 Å². The maximum Gasteiger partial charge on any atom is 0.430 e. The number of rotatable bonds is 3. The number of fused-ring (bicyclic) bond motifs is 3. The second-order valence-corrected chi connectivity index (χ2v) is 8.89. The van der Waals surface area contributed by atoms with Crippen molar-refractivity contribution in [2.45, 2.75) is 36.8 Å². The molecule has 0 amide bonds. The average Bonchev–Trinajstić information content (AvgIpc) is 3.16. The van der Waals surface area contributed by atoms with Gasteiger partial charge in [-0.2, -0.15) is 26.3 Å². The molecule has 4 rings (SSSR count). The number of nitrogens with zero attached hydrogens (tertiary/aromatic N) is 1. The molecule has 0 bridgehead atoms. The molecule has 2 aromatic carbocycles. The Labute approximate surface area is 190 Å². The summed E-state index contributed by atoms with van der Waals surface area (Å²) in [4.78, 5) is 1.88. The van der Waals surface area contributed by atoms with E-state index in [0.717, 1.165) is 11.6 Å². The Balaban J connectivity index is 1.80. The van der Waals surface area contributed by atoms with Crippen LogP contribution in [0.1, 0.15) is 29.0 Å². The molecule has 0 aromatic heterocycles. The number of alkyl halides is 6. The molecule has 32 heavy (non-hydrogen) atoms. The van der Waals surface area contributed by atoms with Gasteiger partial charge in [-0.25, -0.2) is 0 Å². The number of allylic oxidation sites excluding steroid dienone is 2. The summed E-state index contributed by atoms with van der Waals surface area (Å²) in [6, 6.07) is 7.68. The predicted octanol–water partition coefficient (Wildman–Crippen LogP) is 6.99. The summed E-state index contributed by atoms with van der Waals surface area (Å²) >= 11 is 12.2. The molecule has 2 aliphatic rings. The molecule has 2 unspecified atom stereocenters. The van der Waals surface area contributed by atoms with E-state index in [0.29, 0.717) is 46.9 Å². The Bertz CT molecular complexity index is 1050. The van der Waals surface area contributed by atoms with Gasteiger partial charge in [-0.15, -0.1) is 0 Å². The van der Waals surface area contributed by atoms with Crippen LogP contribution >= 0.6 is 23.2 Å². The van der Waals surface area contributed by atoms with Gasteiger partial charge >= 0.3 is 12.4 Å². The van der Waals surface area contributed by atoms with Gasteiger partial charge in [-0.3, -0.25) is 0 Å². The van der Waals surface area contributed by atoms with Crippen molar-refractivity contribution in [1.82, 2.24) is 0 Å². The summed E-state index contributed by atoms with van der Waals surface area (Å²) in [5.74, 6) is -0.360. The minimum Gasteiger partial charge on any atom is -0.369 e. The van der Waals surface area contributed by atoms with Crippen LogP contribution in [0.3, 0.4) is 0 Å². The fourth-order valence-corrected chi connectivity index (χ4v) is 4.93. The molecule has 0 fully saturated rings. The van der Waals surface area contributed by atoms with Crippen molar-refractivity contribution in [3.63, 3.8) is 0 Å². The van der Waals surface area contributed by atoms with Crippen LogP contribution in [0.4, 0.5) is 32.0 Å². The van der Waals surface area contributed by atoms with Gasteiger partial charge in [-0.1, -0.05) is 47.5 Å². The first kappa shape index (κ1) is 23.3. The quantitative estimate of drug-likeness (QED) is 0.366. The lowest BCUT2D eigenvalue weighted by Gasteiger charge is -2.40.